The van der Waals surface area contributed by atoms with Gasteiger partial charge in [-0.2, -0.15) is 0 Å². The zero-order valence-electron chi connectivity index (χ0n) is 10.8. The smallest absolute Gasteiger partial charge is 0.340 e. The molecule has 18 heavy (non-hydrogen) atoms. The number of carboxylic acids is 1. The standard InChI is InChI=1S/C12H18N2O4/c1-7(2)18-11-8(3)10(12(15)16)9(6-14-11)17-5-4-13/h6-7H,4-5,13H2,1-3H3,(H,15,16). The molecule has 0 saturated carbocycles. The zero-order valence-corrected chi connectivity index (χ0v) is 10.8. The molecule has 1 aromatic rings. The second-order valence-electron chi connectivity index (χ2n) is 4.04. The molecule has 0 atom stereocenters. The molecule has 0 saturated heterocycles. The molecule has 1 heterocycles. The molecule has 3 N–H and O–H groups in total. The highest BCUT2D eigenvalue weighted by Gasteiger charge is 2.20. The van der Waals surface area contributed by atoms with E-state index in [0.29, 0.717) is 18.0 Å². The quantitative estimate of drug-likeness (QED) is 0.792. The number of nitrogens with zero attached hydrogens (tertiary/aromatic N) is 1. The highest BCUT2D eigenvalue weighted by atomic mass is 16.5. The molecular weight excluding hydrogens is 236 g/mol. The summed E-state index contributed by atoms with van der Waals surface area (Å²) in [5.41, 5.74) is 5.83. The van der Waals surface area contributed by atoms with Gasteiger partial charge in [0.1, 0.15) is 12.2 Å². The predicted octanol–water partition coefficient (Wildman–Crippen LogP) is 1.21. The fourth-order valence-electron chi connectivity index (χ4n) is 1.46. The van der Waals surface area contributed by atoms with Crippen LogP contribution in [-0.4, -0.2) is 35.3 Å². The van der Waals surface area contributed by atoms with Gasteiger partial charge in [-0.1, -0.05) is 0 Å². The summed E-state index contributed by atoms with van der Waals surface area (Å²) in [6.07, 6.45) is 1.28. The molecule has 0 aliphatic heterocycles. The molecule has 1 aromatic heterocycles. The molecule has 0 bridgehead atoms. The SMILES string of the molecule is Cc1c(OC(C)C)ncc(OCCN)c1C(=O)O. The molecule has 0 aliphatic rings. The average molecular weight is 254 g/mol. The highest BCUT2D eigenvalue weighted by Crippen LogP contribution is 2.28. The van der Waals surface area contributed by atoms with Crippen LogP contribution in [0.25, 0.3) is 0 Å². The number of rotatable bonds is 6. The van der Waals surface area contributed by atoms with Gasteiger partial charge in [-0.25, -0.2) is 9.78 Å². The first-order valence-electron chi connectivity index (χ1n) is 5.69. The molecule has 0 unspecified atom stereocenters. The zero-order chi connectivity index (χ0) is 13.7. The molecule has 6 nitrogen and oxygen atoms in total. The lowest BCUT2D eigenvalue weighted by atomic mass is 10.1. The van der Waals surface area contributed by atoms with Crippen LogP contribution >= 0.6 is 0 Å². The van der Waals surface area contributed by atoms with Crippen LogP contribution in [0.15, 0.2) is 6.20 Å². The molecular formula is C12H18N2O4. The molecule has 0 aliphatic carbocycles. The van der Waals surface area contributed by atoms with Crippen molar-refractivity contribution in [1.82, 2.24) is 4.98 Å². The van der Waals surface area contributed by atoms with Crippen molar-refractivity contribution in [3.8, 4) is 11.6 Å². The summed E-state index contributed by atoms with van der Waals surface area (Å²) < 4.78 is 10.7. The van der Waals surface area contributed by atoms with Crippen LogP contribution in [0.2, 0.25) is 0 Å². The number of hydrogen-bond acceptors (Lipinski definition) is 5. The highest BCUT2D eigenvalue weighted by molar-refractivity contribution is 5.93. The minimum atomic E-state index is -1.07. The predicted molar refractivity (Wildman–Crippen MR) is 66.2 cm³/mol. The van der Waals surface area contributed by atoms with Gasteiger partial charge in [0, 0.05) is 12.1 Å². The lowest BCUT2D eigenvalue weighted by molar-refractivity contribution is 0.0690. The van der Waals surface area contributed by atoms with Crippen molar-refractivity contribution in [2.24, 2.45) is 5.73 Å². The summed E-state index contributed by atoms with van der Waals surface area (Å²) in [7, 11) is 0. The van der Waals surface area contributed by atoms with Crippen molar-refractivity contribution in [2.45, 2.75) is 26.9 Å². The molecule has 0 aromatic carbocycles. The van der Waals surface area contributed by atoms with Crippen LogP contribution in [0, 0.1) is 6.92 Å². The Morgan fingerprint density at radius 2 is 2.22 bits per heavy atom. The van der Waals surface area contributed by atoms with Gasteiger partial charge in [-0.15, -0.1) is 0 Å². The Labute approximate surface area is 106 Å². The van der Waals surface area contributed by atoms with Crippen molar-refractivity contribution in [2.75, 3.05) is 13.2 Å². The first-order chi connectivity index (χ1) is 8.47. The van der Waals surface area contributed by atoms with E-state index in [-0.39, 0.29) is 24.0 Å². The normalized spacial score (nSPS) is 10.5. The molecule has 6 heteroatoms. The Balaban J connectivity index is 3.15. The van der Waals surface area contributed by atoms with E-state index < -0.39 is 5.97 Å². The summed E-state index contributed by atoms with van der Waals surface area (Å²) in [6.45, 7) is 5.89. The molecule has 0 radical (unpaired) electrons. The Morgan fingerprint density at radius 1 is 1.56 bits per heavy atom. The summed E-state index contributed by atoms with van der Waals surface area (Å²) >= 11 is 0. The third kappa shape index (κ3) is 3.33. The van der Waals surface area contributed by atoms with Gasteiger partial charge in [-0.3, -0.25) is 0 Å². The fraction of sp³-hybridized carbons (Fsp3) is 0.500. The third-order valence-electron chi connectivity index (χ3n) is 2.18. The van der Waals surface area contributed by atoms with Crippen LogP contribution in [0.1, 0.15) is 29.8 Å². The van der Waals surface area contributed by atoms with Gasteiger partial charge in [0.15, 0.2) is 5.75 Å². The molecule has 1 rings (SSSR count). The van der Waals surface area contributed by atoms with Gasteiger partial charge in [0.25, 0.3) is 0 Å². The van der Waals surface area contributed by atoms with E-state index in [2.05, 4.69) is 4.98 Å². The Bertz CT molecular complexity index is 432. The number of hydrogen-bond donors (Lipinski definition) is 2. The van der Waals surface area contributed by atoms with Gasteiger partial charge < -0.3 is 20.3 Å². The van der Waals surface area contributed by atoms with Crippen molar-refractivity contribution < 1.29 is 19.4 Å². The maximum atomic E-state index is 11.2. The second-order valence-corrected chi connectivity index (χ2v) is 4.04. The Morgan fingerprint density at radius 3 is 2.72 bits per heavy atom. The molecule has 0 fully saturated rings. The number of carbonyl (C=O) groups is 1. The van der Waals surface area contributed by atoms with Crippen LogP contribution in [0.3, 0.4) is 0 Å². The number of carboxylic acid groups (broad SMARTS) is 1. The number of aromatic nitrogens is 1. The second kappa shape index (κ2) is 6.20. The summed E-state index contributed by atoms with van der Waals surface area (Å²) in [5.74, 6) is -0.556. The largest absolute Gasteiger partial charge is 0.490 e. The van der Waals surface area contributed by atoms with Crippen LogP contribution in [-0.2, 0) is 0 Å². The summed E-state index contributed by atoms with van der Waals surface area (Å²) in [5, 5.41) is 9.21. The number of ether oxygens (including phenoxy) is 2. The van der Waals surface area contributed by atoms with Gasteiger partial charge in [0.05, 0.1) is 12.3 Å². The van der Waals surface area contributed by atoms with Gasteiger partial charge >= 0.3 is 5.97 Å². The summed E-state index contributed by atoms with van der Waals surface area (Å²) in [6, 6.07) is 0. The maximum absolute atomic E-state index is 11.2. The van der Waals surface area contributed by atoms with Crippen molar-refractivity contribution in [3.05, 3.63) is 17.3 Å². The lowest BCUT2D eigenvalue weighted by Gasteiger charge is -2.15. The number of nitrogens with two attached hydrogens (primary N) is 1. The van der Waals surface area contributed by atoms with Gasteiger partial charge in [-0.05, 0) is 20.8 Å². The fourth-order valence-corrected chi connectivity index (χ4v) is 1.46. The van der Waals surface area contributed by atoms with Gasteiger partial charge in [0.2, 0.25) is 5.88 Å². The van der Waals surface area contributed by atoms with E-state index in [4.69, 9.17) is 15.2 Å². The molecule has 0 amide bonds. The van der Waals surface area contributed by atoms with Crippen LogP contribution < -0.4 is 15.2 Å². The van der Waals surface area contributed by atoms with Crippen molar-refractivity contribution >= 4 is 5.97 Å². The number of pyridine rings is 1. The van der Waals surface area contributed by atoms with E-state index in [1.807, 2.05) is 13.8 Å². The van der Waals surface area contributed by atoms with Crippen LogP contribution in [0.4, 0.5) is 0 Å². The monoisotopic (exact) mass is 254 g/mol. The number of aromatic carboxylic acids is 1. The summed E-state index contributed by atoms with van der Waals surface area (Å²) in [4.78, 5) is 15.3. The first-order valence-corrected chi connectivity index (χ1v) is 5.69. The van der Waals surface area contributed by atoms with Crippen molar-refractivity contribution in [1.29, 1.82) is 0 Å². The van der Waals surface area contributed by atoms with E-state index in [9.17, 15) is 9.90 Å². The minimum absolute atomic E-state index is 0.0640. The Kier molecular flexibility index (Phi) is 4.91. The third-order valence-corrected chi connectivity index (χ3v) is 2.18. The maximum Gasteiger partial charge on any atom is 0.340 e. The van der Waals surface area contributed by atoms with E-state index >= 15 is 0 Å². The molecule has 0 spiro atoms. The van der Waals surface area contributed by atoms with E-state index in [1.54, 1.807) is 6.92 Å². The van der Waals surface area contributed by atoms with E-state index in [0.717, 1.165) is 0 Å². The average Bonchev–Trinajstić information content (AvgIpc) is 2.28. The van der Waals surface area contributed by atoms with Crippen LogP contribution in [0.5, 0.6) is 11.6 Å². The molecule has 100 valence electrons. The topological polar surface area (TPSA) is 94.7 Å². The van der Waals surface area contributed by atoms with Crippen molar-refractivity contribution in [3.63, 3.8) is 0 Å². The van der Waals surface area contributed by atoms with E-state index in [1.165, 1.54) is 6.20 Å². The lowest BCUT2D eigenvalue weighted by Crippen LogP contribution is -2.15. The first kappa shape index (κ1) is 14.2. The minimum Gasteiger partial charge on any atom is -0.490 e. The Hall–Kier alpha value is -1.82.